The highest BCUT2D eigenvalue weighted by Gasteiger charge is 2.22. The first-order chi connectivity index (χ1) is 16.5. The number of hydrogen-bond acceptors (Lipinski definition) is 4. The third-order valence-corrected chi connectivity index (χ3v) is 5.94. The number of aromatic amines is 1. The number of benzene rings is 1. The Morgan fingerprint density at radius 3 is 2.59 bits per heavy atom. The third kappa shape index (κ3) is 4.34. The summed E-state index contributed by atoms with van der Waals surface area (Å²) in [6.45, 7) is 2.17. The Morgan fingerprint density at radius 1 is 1.09 bits per heavy atom. The Labute approximate surface area is 194 Å². The molecule has 0 saturated carbocycles. The maximum Gasteiger partial charge on any atom is 0.254 e. The quantitative estimate of drug-likeness (QED) is 0.621. The van der Waals surface area contributed by atoms with Crippen LogP contribution in [0.5, 0.6) is 0 Å². The molecule has 0 unspecified atom stereocenters. The van der Waals surface area contributed by atoms with Gasteiger partial charge in [-0.2, -0.15) is 0 Å². The van der Waals surface area contributed by atoms with E-state index in [1.54, 1.807) is 24.4 Å². The second-order valence-corrected chi connectivity index (χ2v) is 8.14. The number of nitrogens with one attached hydrogen (secondary N) is 2. The van der Waals surface area contributed by atoms with Gasteiger partial charge in [0.05, 0.1) is 24.5 Å². The van der Waals surface area contributed by atoms with Gasteiger partial charge in [-0.1, -0.05) is 0 Å². The monoisotopic (exact) mass is 464 g/mol. The zero-order valence-corrected chi connectivity index (χ0v) is 18.2. The molecule has 9 heteroatoms. The number of amides is 2. The molecule has 1 aromatic carbocycles. The summed E-state index contributed by atoms with van der Waals surface area (Å²) < 4.78 is 34.6. The van der Waals surface area contributed by atoms with Crippen LogP contribution in [0.4, 0.5) is 8.78 Å². The molecule has 0 radical (unpaired) electrons. The number of hydrogen-bond donors (Lipinski definition) is 2. The van der Waals surface area contributed by atoms with E-state index in [0.29, 0.717) is 44.1 Å². The first-order valence-electron chi connectivity index (χ1n) is 11.0. The van der Waals surface area contributed by atoms with Crippen molar-refractivity contribution in [1.29, 1.82) is 0 Å². The molecular formula is C25H22F2N4O3. The molecule has 0 spiro atoms. The summed E-state index contributed by atoms with van der Waals surface area (Å²) in [7, 11) is 0. The van der Waals surface area contributed by atoms with Crippen molar-refractivity contribution < 1.29 is 23.1 Å². The lowest BCUT2D eigenvalue weighted by molar-refractivity contribution is 0.0302. The molecule has 0 bridgehead atoms. The van der Waals surface area contributed by atoms with E-state index in [-0.39, 0.29) is 17.0 Å². The lowest BCUT2D eigenvalue weighted by atomic mass is 10.1. The van der Waals surface area contributed by atoms with Crippen molar-refractivity contribution in [2.24, 2.45) is 0 Å². The first kappa shape index (κ1) is 22.0. The molecule has 0 atom stereocenters. The van der Waals surface area contributed by atoms with Gasteiger partial charge in [0, 0.05) is 60.3 Å². The second-order valence-electron chi connectivity index (χ2n) is 8.14. The lowest BCUT2D eigenvalue weighted by Crippen LogP contribution is -2.40. The highest BCUT2D eigenvalue weighted by molar-refractivity contribution is 5.98. The molecule has 2 aliphatic rings. The number of pyridine rings is 1. The van der Waals surface area contributed by atoms with Crippen LogP contribution in [-0.4, -0.2) is 59.5 Å². The molecule has 4 heterocycles. The fourth-order valence-electron chi connectivity index (χ4n) is 4.14. The van der Waals surface area contributed by atoms with Crippen LogP contribution in [0.15, 0.2) is 36.5 Å². The molecule has 7 nitrogen and oxygen atoms in total. The molecular weight excluding hydrogens is 442 g/mol. The van der Waals surface area contributed by atoms with E-state index in [4.69, 9.17) is 4.74 Å². The normalized spacial score (nSPS) is 15.9. The van der Waals surface area contributed by atoms with E-state index in [9.17, 15) is 18.4 Å². The van der Waals surface area contributed by atoms with Gasteiger partial charge in [0.25, 0.3) is 11.8 Å². The lowest BCUT2D eigenvalue weighted by Gasteiger charge is -2.27. The van der Waals surface area contributed by atoms with Crippen molar-refractivity contribution in [2.45, 2.75) is 6.42 Å². The van der Waals surface area contributed by atoms with Crippen molar-refractivity contribution in [3.8, 4) is 11.3 Å². The molecule has 174 valence electrons. The van der Waals surface area contributed by atoms with Crippen LogP contribution in [-0.2, 0) is 11.2 Å². The van der Waals surface area contributed by atoms with Crippen molar-refractivity contribution in [1.82, 2.24) is 20.2 Å². The highest BCUT2D eigenvalue weighted by Crippen LogP contribution is 2.25. The van der Waals surface area contributed by atoms with Gasteiger partial charge in [0.15, 0.2) is 0 Å². The number of nitrogens with zero attached hydrogens (tertiary/aromatic N) is 2. The number of halogens is 2. The molecule has 34 heavy (non-hydrogen) atoms. The Bertz CT molecular complexity index is 1270. The van der Waals surface area contributed by atoms with Crippen molar-refractivity contribution >= 4 is 24.0 Å². The van der Waals surface area contributed by atoms with E-state index in [1.165, 1.54) is 17.1 Å². The highest BCUT2D eigenvalue weighted by atomic mass is 19.1. The molecule has 1 saturated heterocycles. The molecule has 2 aromatic heterocycles. The summed E-state index contributed by atoms with van der Waals surface area (Å²) >= 11 is 0. The average molecular weight is 464 g/mol. The van der Waals surface area contributed by atoms with E-state index in [1.807, 2.05) is 0 Å². The number of aromatic nitrogens is 2. The van der Waals surface area contributed by atoms with Gasteiger partial charge in [0.2, 0.25) is 0 Å². The summed E-state index contributed by atoms with van der Waals surface area (Å²) in [6.07, 6.45) is 5.12. The maximum absolute atomic E-state index is 14.7. The van der Waals surface area contributed by atoms with Crippen LogP contribution in [0.25, 0.3) is 23.4 Å². The van der Waals surface area contributed by atoms with Crippen LogP contribution in [0.2, 0.25) is 0 Å². The summed E-state index contributed by atoms with van der Waals surface area (Å²) in [5, 5.41) is 2.81. The summed E-state index contributed by atoms with van der Waals surface area (Å²) in [6, 6.07) is 7.45. The Hall–Kier alpha value is -3.85. The summed E-state index contributed by atoms with van der Waals surface area (Å²) in [5.41, 5.74) is 3.26. The predicted octanol–water partition coefficient (Wildman–Crippen LogP) is 3.28. The Morgan fingerprint density at radius 2 is 1.85 bits per heavy atom. The minimum atomic E-state index is -0.827. The topological polar surface area (TPSA) is 87.3 Å². The minimum absolute atomic E-state index is 0.0334. The van der Waals surface area contributed by atoms with Crippen LogP contribution in [0, 0.1) is 11.6 Å². The third-order valence-electron chi connectivity index (χ3n) is 5.94. The van der Waals surface area contributed by atoms with Gasteiger partial charge < -0.3 is 19.9 Å². The second kappa shape index (κ2) is 9.18. The maximum atomic E-state index is 14.7. The fraction of sp³-hybridized carbons (Fsp3) is 0.240. The molecule has 2 amide bonds. The van der Waals surface area contributed by atoms with Crippen molar-refractivity contribution in [2.75, 3.05) is 32.8 Å². The van der Waals surface area contributed by atoms with Gasteiger partial charge in [-0.3, -0.25) is 14.6 Å². The number of carbonyl (C=O) groups excluding carboxylic acids is 2. The fourth-order valence-corrected chi connectivity index (χ4v) is 4.14. The van der Waals surface area contributed by atoms with E-state index in [2.05, 4.69) is 15.3 Å². The van der Waals surface area contributed by atoms with E-state index >= 15 is 0 Å². The SMILES string of the molecule is O=C1NCCc2[nH]c(-c3ccnc(/C=C/c4c(F)cc(C(=O)N5CCOCC5)cc4F)c3)cc21. The summed E-state index contributed by atoms with van der Waals surface area (Å²) in [5.74, 6) is -2.19. The molecule has 0 aliphatic carbocycles. The van der Waals surface area contributed by atoms with Crippen LogP contribution >= 0.6 is 0 Å². The predicted molar refractivity (Wildman–Crippen MR) is 122 cm³/mol. The zero-order valence-electron chi connectivity index (χ0n) is 18.2. The molecule has 1 fully saturated rings. The summed E-state index contributed by atoms with van der Waals surface area (Å²) in [4.78, 5) is 33.6. The minimum Gasteiger partial charge on any atom is -0.378 e. The molecule has 3 aromatic rings. The average Bonchev–Trinajstić information content (AvgIpc) is 3.30. The van der Waals surface area contributed by atoms with E-state index < -0.39 is 17.5 Å². The first-order valence-corrected chi connectivity index (χ1v) is 11.0. The number of carbonyl (C=O) groups is 2. The number of fused-ring (bicyclic) bond motifs is 1. The smallest absolute Gasteiger partial charge is 0.254 e. The Kier molecular flexibility index (Phi) is 5.93. The zero-order chi connectivity index (χ0) is 23.7. The molecule has 2 N–H and O–H groups in total. The Balaban J connectivity index is 1.37. The van der Waals surface area contributed by atoms with Crippen LogP contribution < -0.4 is 5.32 Å². The molecule has 5 rings (SSSR count). The van der Waals surface area contributed by atoms with Gasteiger partial charge >= 0.3 is 0 Å². The van der Waals surface area contributed by atoms with Crippen molar-refractivity contribution in [3.05, 3.63) is 76.2 Å². The van der Waals surface area contributed by atoms with Crippen LogP contribution in [0.1, 0.15) is 37.7 Å². The number of ether oxygens (including phenoxy) is 1. The van der Waals surface area contributed by atoms with Gasteiger partial charge in [-0.25, -0.2) is 8.78 Å². The largest absolute Gasteiger partial charge is 0.378 e. The van der Waals surface area contributed by atoms with Gasteiger partial charge in [-0.15, -0.1) is 0 Å². The van der Waals surface area contributed by atoms with Crippen molar-refractivity contribution in [3.63, 3.8) is 0 Å². The van der Waals surface area contributed by atoms with Crippen LogP contribution in [0.3, 0.4) is 0 Å². The van der Waals surface area contributed by atoms with E-state index in [0.717, 1.165) is 35.5 Å². The van der Waals surface area contributed by atoms with Gasteiger partial charge in [-0.05, 0) is 42.5 Å². The number of H-pyrrole nitrogens is 1. The van der Waals surface area contributed by atoms with Gasteiger partial charge in [0.1, 0.15) is 11.6 Å². The standard InChI is InChI=1S/C25H22F2N4O3/c26-20-12-16(25(33)31-7-9-34-10-8-31)13-21(27)18(20)2-1-17-11-15(3-5-28-17)23-14-19-22(30-23)4-6-29-24(19)32/h1-3,5,11-14,30H,4,6-10H2,(H,29,32)/b2-1+. The molecule has 2 aliphatic heterocycles. The number of rotatable bonds is 4. The number of morpholine rings is 1.